The number of methoxy groups -OCH3 is 1. The maximum atomic E-state index is 13.7. The molecule has 0 bridgehead atoms. The fourth-order valence-corrected chi connectivity index (χ4v) is 4.74. The summed E-state index contributed by atoms with van der Waals surface area (Å²) >= 11 is 0. The molecule has 3 rings (SSSR count). The molecule has 0 aliphatic heterocycles. The number of benzene rings is 2. The number of ether oxygens (including phenoxy) is 1. The molecule has 8 nitrogen and oxygen atoms in total. The molecule has 3 aromatic rings. The molecule has 0 aliphatic carbocycles. The summed E-state index contributed by atoms with van der Waals surface area (Å²) < 4.78 is 20.8. The van der Waals surface area contributed by atoms with E-state index in [1.165, 1.54) is 12.1 Å². The van der Waals surface area contributed by atoms with Crippen molar-refractivity contribution < 1.29 is 34.0 Å². The maximum absolute atomic E-state index is 13.7. The third-order valence-corrected chi connectivity index (χ3v) is 6.56. The molecule has 0 aliphatic rings. The lowest BCUT2D eigenvalue weighted by atomic mass is 9.97. The van der Waals surface area contributed by atoms with Crippen LogP contribution in [-0.4, -0.2) is 51.1 Å². The first kappa shape index (κ1) is 28.9. The van der Waals surface area contributed by atoms with Gasteiger partial charge in [0.2, 0.25) is 0 Å². The summed E-state index contributed by atoms with van der Waals surface area (Å²) in [6.45, 7) is 4.58. The lowest BCUT2D eigenvalue weighted by Gasteiger charge is -2.17. The SMILES string of the molecule is CCn1c(CCC(O)CC(O)CC(=O)O)c(-c2ccc(F)cc2)c(C)c1C(=O)NCc1ccc(OC)cc1. The molecular formula is C29H35FN2O6. The highest BCUT2D eigenvalue weighted by atomic mass is 19.1. The quantitative estimate of drug-likeness (QED) is 0.266. The van der Waals surface area contributed by atoms with E-state index in [0.717, 1.165) is 33.7 Å². The molecular weight excluding hydrogens is 491 g/mol. The topological polar surface area (TPSA) is 121 Å². The van der Waals surface area contributed by atoms with Crippen molar-refractivity contribution in [2.45, 2.75) is 64.8 Å². The molecule has 0 radical (unpaired) electrons. The van der Waals surface area contributed by atoms with Crippen molar-refractivity contribution in [2.75, 3.05) is 7.11 Å². The van der Waals surface area contributed by atoms with Crippen LogP contribution < -0.4 is 10.1 Å². The van der Waals surface area contributed by atoms with Crippen LogP contribution in [0.25, 0.3) is 11.1 Å². The number of nitrogens with zero attached hydrogens (tertiary/aromatic N) is 1. The Labute approximate surface area is 221 Å². The Morgan fingerprint density at radius 3 is 2.29 bits per heavy atom. The molecule has 2 unspecified atom stereocenters. The van der Waals surface area contributed by atoms with E-state index in [9.17, 15) is 24.2 Å². The van der Waals surface area contributed by atoms with E-state index in [4.69, 9.17) is 9.84 Å². The molecule has 0 saturated carbocycles. The summed E-state index contributed by atoms with van der Waals surface area (Å²) in [5, 5.41) is 32.2. The standard InChI is InChI=1S/C29H35FN2O6/c1-4-32-25(14-11-22(33)15-23(34)16-26(35)36)27(20-7-9-21(30)10-8-20)18(2)28(32)29(37)31-17-19-5-12-24(38-3)13-6-19/h5-10,12-13,22-23,33-34H,4,11,14-17H2,1-3H3,(H,31,37)(H,35,36). The molecule has 1 aromatic heterocycles. The van der Waals surface area contributed by atoms with Crippen molar-refractivity contribution in [2.24, 2.45) is 0 Å². The normalized spacial score (nSPS) is 12.7. The highest BCUT2D eigenvalue weighted by Crippen LogP contribution is 2.34. The van der Waals surface area contributed by atoms with Gasteiger partial charge < -0.3 is 29.9 Å². The summed E-state index contributed by atoms with van der Waals surface area (Å²) in [5.74, 6) is -1.04. The molecule has 1 heterocycles. The average Bonchev–Trinajstić information content (AvgIpc) is 3.17. The number of hydrogen-bond donors (Lipinski definition) is 4. The molecule has 0 saturated heterocycles. The van der Waals surface area contributed by atoms with E-state index in [2.05, 4.69) is 5.32 Å². The number of rotatable bonds is 13. The second-order valence-corrected chi connectivity index (χ2v) is 9.26. The Hall–Kier alpha value is -3.69. The molecule has 38 heavy (non-hydrogen) atoms. The summed E-state index contributed by atoms with van der Waals surface area (Å²) in [6, 6.07) is 13.4. The molecule has 9 heteroatoms. The number of carboxylic acid groups (broad SMARTS) is 1. The minimum Gasteiger partial charge on any atom is -0.497 e. The van der Waals surface area contributed by atoms with Gasteiger partial charge in [-0.15, -0.1) is 0 Å². The van der Waals surface area contributed by atoms with E-state index in [1.807, 2.05) is 42.7 Å². The zero-order chi connectivity index (χ0) is 27.8. The molecule has 0 spiro atoms. The fraction of sp³-hybridized carbons (Fsp3) is 0.379. The van der Waals surface area contributed by atoms with Crippen LogP contribution in [0.3, 0.4) is 0 Å². The molecule has 0 fully saturated rings. The van der Waals surface area contributed by atoms with Gasteiger partial charge in [0.25, 0.3) is 5.91 Å². The largest absolute Gasteiger partial charge is 0.497 e. The number of aliphatic carboxylic acids is 1. The highest BCUT2D eigenvalue weighted by molar-refractivity contribution is 5.97. The number of aliphatic hydroxyl groups is 2. The smallest absolute Gasteiger partial charge is 0.305 e. The van der Waals surface area contributed by atoms with Crippen LogP contribution >= 0.6 is 0 Å². The summed E-state index contributed by atoms with van der Waals surface area (Å²) in [5.41, 5.74) is 4.47. The van der Waals surface area contributed by atoms with Crippen LogP contribution in [0.1, 0.15) is 53.5 Å². The average molecular weight is 527 g/mol. The Balaban J connectivity index is 1.90. The first-order valence-corrected chi connectivity index (χ1v) is 12.6. The zero-order valence-corrected chi connectivity index (χ0v) is 21.9. The van der Waals surface area contributed by atoms with Crippen LogP contribution in [0.2, 0.25) is 0 Å². The first-order valence-electron chi connectivity index (χ1n) is 12.6. The number of nitrogens with one attached hydrogen (secondary N) is 1. The van der Waals surface area contributed by atoms with Crippen molar-refractivity contribution >= 4 is 11.9 Å². The minimum atomic E-state index is -1.15. The predicted octanol–water partition coefficient (Wildman–Crippen LogP) is 4.08. The number of hydrogen-bond acceptors (Lipinski definition) is 5. The van der Waals surface area contributed by atoms with E-state index >= 15 is 0 Å². The molecule has 204 valence electrons. The highest BCUT2D eigenvalue weighted by Gasteiger charge is 2.26. The Morgan fingerprint density at radius 1 is 1.05 bits per heavy atom. The van der Waals surface area contributed by atoms with Gasteiger partial charge in [-0.25, -0.2) is 4.39 Å². The van der Waals surface area contributed by atoms with Gasteiger partial charge in [-0.3, -0.25) is 9.59 Å². The van der Waals surface area contributed by atoms with Crippen LogP contribution in [0, 0.1) is 12.7 Å². The monoisotopic (exact) mass is 526 g/mol. The van der Waals surface area contributed by atoms with Gasteiger partial charge >= 0.3 is 5.97 Å². The van der Waals surface area contributed by atoms with Crippen LogP contribution in [0.5, 0.6) is 5.75 Å². The molecule has 2 atom stereocenters. The number of carbonyl (C=O) groups is 2. The zero-order valence-electron chi connectivity index (χ0n) is 21.9. The van der Waals surface area contributed by atoms with Gasteiger partial charge in [-0.1, -0.05) is 24.3 Å². The first-order chi connectivity index (χ1) is 18.1. The van der Waals surface area contributed by atoms with Crippen LogP contribution in [0.15, 0.2) is 48.5 Å². The number of carboxylic acids is 1. The van der Waals surface area contributed by atoms with Crippen LogP contribution in [0.4, 0.5) is 4.39 Å². The van der Waals surface area contributed by atoms with Crippen molar-refractivity contribution in [3.63, 3.8) is 0 Å². The van der Waals surface area contributed by atoms with Crippen molar-refractivity contribution in [3.05, 3.63) is 76.9 Å². The van der Waals surface area contributed by atoms with E-state index < -0.39 is 24.6 Å². The fourth-order valence-electron chi connectivity index (χ4n) is 4.74. The van der Waals surface area contributed by atoms with Gasteiger partial charge in [-0.05, 0) is 74.1 Å². The lowest BCUT2D eigenvalue weighted by molar-refractivity contribution is -0.139. The molecule has 2 aromatic carbocycles. The number of amides is 1. The van der Waals surface area contributed by atoms with Crippen LogP contribution in [-0.2, 0) is 24.3 Å². The maximum Gasteiger partial charge on any atom is 0.305 e. The van der Waals surface area contributed by atoms with Gasteiger partial charge in [-0.2, -0.15) is 0 Å². The Bertz CT molecular complexity index is 1240. The predicted molar refractivity (Wildman–Crippen MR) is 142 cm³/mol. The van der Waals surface area contributed by atoms with E-state index in [-0.39, 0.29) is 24.6 Å². The third kappa shape index (κ3) is 7.20. The number of halogens is 1. The summed E-state index contributed by atoms with van der Waals surface area (Å²) in [7, 11) is 1.59. The molecule has 4 N–H and O–H groups in total. The van der Waals surface area contributed by atoms with Crippen molar-refractivity contribution in [1.29, 1.82) is 0 Å². The van der Waals surface area contributed by atoms with E-state index in [0.29, 0.717) is 25.2 Å². The second-order valence-electron chi connectivity index (χ2n) is 9.26. The van der Waals surface area contributed by atoms with Gasteiger partial charge in [0.15, 0.2) is 0 Å². The second kappa shape index (κ2) is 13.2. The Kier molecular flexibility index (Phi) is 10.0. The number of aliphatic hydroxyl groups excluding tert-OH is 2. The van der Waals surface area contributed by atoms with Gasteiger partial charge in [0.05, 0.1) is 25.7 Å². The summed E-state index contributed by atoms with van der Waals surface area (Å²) in [4.78, 5) is 24.3. The summed E-state index contributed by atoms with van der Waals surface area (Å²) in [6.07, 6.45) is -1.98. The van der Waals surface area contributed by atoms with Crippen molar-refractivity contribution in [3.8, 4) is 16.9 Å². The lowest BCUT2D eigenvalue weighted by Crippen LogP contribution is -2.26. The van der Waals surface area contributed by atoms with Crippen molar-refractivity contribution in [1.82, 2.24) is 9.88 Å². The van der Waals surface area contributed by atoms with E-state index in [1.54, 1.807) is 19.2 Å². The third-order valence-electron chi connectivity index (χ3n) is 6.56. The Morgan fingerprint density at radius 2 is 1.71 bits per heavy atom. The van der Waals surface area contributed by atoms with Gasteiger partial charge in [0.1, 0.15) is 17.3 Å². The van der Waals surface area contributed by atoms with Gasteiger partial charge in [0, 0.05) is 24.3 Å². The minimum absolute atomic E-state index is 0.0702. The molecule has 1 amide bonds. The number of aromatic nitrogens is 1. The number of carbonyl (C=O) groups excluding carboxylic acids is 1.